The number of rotatable bonds is 3. The maximum atomic E-state index is 12.6. The zero-order valence-electron chi connectivity index (χ0n) is 15.4. The van der Waals surface area contributed by atoms with Gasteiger partial charge in [0.15, 0.2) is 5.76 Å². The number of esters is 1. The number of allylic oxidation sites excluding steroid dienone is 1. The first-order valence-electron chi connectivity index (χ1n) is 9.11. The number of hydrogen-bond donors (Lipinski definition) is 0. The summed E-state index contributed by atoms with van der Waals surface area (Å²) in [5.41, 5.74) is 1.85. The monoisotopic (exact) mass is 460 g/mol. The minimum atomic E-state index is -0.625. The maximum absolute atomic E-state index is 12.6. The van der Waals surface area contributed by atoms with Crippen LogP contribution in [0.15, 0.2) is 87.4 Å². The molecule has 0 bridgehead atoms. The number of Topliss-reactive ketones (excluding diaryl/α,β-unsaturated/α-hetero) is 1. The fraction of sp³-hybridized carbons (Fsp3) is 0. The minimum Gasteiger partial charge on any atom is -0.452 e. The van der Waals surface area contributed by atoms with Crippen molar-refractivity contribution >= 4 is 44.7 Å². The largest absolute Gasteiger partial charge is 0.452 e. The maximum Gasteiger partial charge on any atom is 0.379 e. The summed E-state index contributed by atoms with van der Waals surface area (Å²) in [5.74, 6) is 0.0696. The molecule has 0 saturated carbocycles. The molecular weight excluding hydrogens is 448 g/mol. The van der Waals surface area contributed by atoms with Gasteiger partial charge in [-0.2, -0.15) is 0 Å². The molecular formula is C24H13BrO5. The lowest BCUT2D eigenvalue weighted by molar-refractivity contribution is 0.0703. The molecule has 4 aromatic rings. The molecule has 0 amide bonds. The summed E-state index contributed by atoms with van der Waals surface area (Å²) in [4.78, 5) is 25.1. The number of ketones is 1. The van der Waals surface area contributed by atoms with Gasteiger partial charge < -0.3 is 13.9 Å². The molecule has 1 aliphatic heterocycles. The lowest BCUT2D eigenvalue weighted by Gasteiger charge is -2.04. The van der Waals surface area contributed by atoms with Crippen molar-refractivity contribution in [3.63, 3.8) is 0 Å². The number of ether oxygens (including phenoxy) is 2. The van der Waals surface area contributed by atoms with Crippen molar-refractivity contribution in [1.29, 1.82) is 0 Å². The standard InChI is InChI=1S/C24H13BrO5/c25-16-6-3-4-14(10-16)11-21-23(26)18-9-8-17(13-20(18)30-21)28-24(27)22-12-15-5-1-2-7-19(15)29-22/h1-13H/b21-11-. The number of furan rings is 1. The first kappa shape index (κ1) is 18.4. The van der Waals surface area contributed by atoms with Gasteiger partial charge in [0.25, 0.3) is 0 Å². The van der Waals surface area contributed by atoms with E-state index in [0.29, 0.717) is 16.9 Å². The van der Waals surface area contributed by atoms with Crippen molar-refractivity contribution in [3.05, 3.63) is 99.9 Å². The van der Waals surface area contributed by atoms with Crippen LogP contribution in [0.25, 0.3) is 17.0 Å². The van der Waals surface area contributed by atoms with Crippen molar-refractivity contribution in [2.75, 3.05) is 0 Å². The quantitative estimate of drug-likeness (QED) is 0.212. The second-order valence-corrected chi connectivity index (χ2v) is 7.61. The molecule has 1 aromatic heterocycles. The van der Waals surface area contributed by atoms with Gasteiger partial charge in [0, 0.05) is 15.9 Å². The zero-order chi connectivity index (χ0) is 20.7. The van der Waals surface area contributed by atoms with Gasteiger partial charge in [-0.15, -0.1) is 0 Å². The van der Waals surface area contributed by atoms with Gasteiger partial charge in [-0.1, -0.05) is 46.3 Å². The van der Waals surface area contributed by atoms with E-state index >= 15 is 0 Å². The van der Waals surface area contributed by atoms with Crippen LogP contribution in [0.1, 0.15) is 26.5 Å². The lowest BCUT2D eigenvalue weighted by Crippen LogP contribution is -2.07. The van der Waals surface area contributed by atoms with Gasteiger partial charge in [-0.05, 0) is 48.0 Å². The zero-order valence-corrected chi connectivity index (χ0v) is 17.0. The summed E-state index contributed by atoms with van der Waals surface area (Å²) in [7, 11) is 0. The molecule has 0 fully saturated rings. The van der Waals surface area contributed by atoms with E-state index < -0.39 is 5.97 Å². The average Bonchev–Trinajstić information content (AvgIpc) is 3.29. The second kappa shape index (κ2) is 7.31. The van der Waals surface area contributed by atoms with E-state index in [1.807, 2.05) is 42.5 Å². The van der Waals surface area contributed by atoms with Crippen LogP contribution < -0.4 is 9.47 Å². The highest BCUT2D eigenvalue weighted by Crippen LogP contribution is 2.35. The topological polar surface area (TPSA) is 65.7 Å². The van der Waals surface area contributed by atoms with E-state index in [9.17, 15) is 9.59 Å². The number of halogens is 1. The van der Waals surface area contributed by atoms with Gasteiger partial charge in [0.05, 0.1) is 5.56 Å². The fourth-order valence-electron chi connectivity index (χ4n) is 3.22. The van der Waals surface area contributed by atoms with Crippen LogP contribution in [0.5, 0.6) is 11.5 Å². The molecule has 0 unspecified atom stereocenters. The predicted octanol–water partition coefficient (Wildman–Crippen LogP) is 6.03. The fourth-order valence-corrected chi connectivity index (χ4v) is 3.64. The third kappa shape index (κ3) is 3.42. The van der Waals surface area contributed by atoms with Gasteiger partial charge in [-0.3, -0.25) is 4.79 Å². The number of fused-ring (bicyclic) bond motifs is 2. The van der Waals surface area contributed by atoms with Crippen LogP contribution >= 0.6 is 15.9 Å². The van der Waals surface area contributed by atoms with Crippen molar-refractivity contribution in [2.24, 2.45) is 0 Å². The molecule has 0 N–H and O–H groups in total. The predicted molar refractivity (Wildman–Crippen MR) is 115 cm³/mol. The Morgan fingerprint density at radius 3 is 2.67 bits per heavy atom. The van der Waals surface area contributed by atoms with E-state index in [4.69, 9.17) is 13.9 Å². The van der Waals surface area contributed by atoms with E-state index in [1.54, 1.807) is 30.3 Å². The molecule has 5 rings (SSSR count). The summed E-state index contributed by atoms with van der Waals surface area (Å²) in [6, 6.07) is 21.1. The summed E-state index contributed by atoms with van der Waals surface area (Å²) in [5, 5.41) is 0.815. The Labute approximate surface area is 179 Å². The first-order valence-corrected chi connectivity index (χ1v) is 9.91. The van der Waals surface area contributed by atoms with Crippen molar-refractivity contribution in [1.82, 2.24) is 0 Å². The molecule has 2 heterocycles. The van der Waals surface area contributed by atoms with Gasteiger partial charge in [0.2, 0.25) is 11.5 Å². The van der Waals surface area contributed by atoms with Gasteiger partial charge >= 0.3 is 5.97 Å². The number of carbonyl (C=O) groups excluding carboxylic acids is 2. The van der Waals surface area contributed by atoms with Crippen LogP contribution in [0.2, 0.25) is 0 Å². The molecule has 5 nitrogen and oxygen atoms in total. The number of carbonyl (C=O) groups is 2. The van der Waals surface area contributed by atoms with Crippen LogP contribution in [-0.4, -0.2) is 11.8 Å². The first-order chi connectivity index (χ1) is 14.6. The number of para-hydroxylation sites is 1. The Hall–Kier alpha value is -3.64. The Morgan fingerprint density at radius 2 is 1.83 bits per heavy atom. The van der Waals surface area contributed by atoms with Crippen molar-refractivity contribution in [3.8, 4) is 11.5 Å². The van der Waals surface area contributed by atoms with Crippen LogP contribution in [-0.2, 0) is 0 Å². The molecule has 0 radical (unpaired) electrons. The highest BCUT2D eigenvalue weighted by molar-refractivity contribution is 9.10. The number of benzene rings is 3. The normalized spacial score (nSPS) is 14.0. The Morgan fingerprint density at radius 1 is 0.967 bits per heavy atom. The third-order valence-electron chi connectivity index (χ3n) is 4.63. The molecule has 1 aliphatic rings. The second-order valence-electron chi connectivity index (χ2n) is 6.69. The average molecular weight is 461 g/mol. The Kier molecular flexibility index (Phi) is 4.48. The summed E-state index contributed by atoms with van der Waals surface area (Å²) in [6.45, 7) is 0. The molecule has 0 aliphatic carbocycles. The highest BCUT2D eigenvalue weighted by atomic mass is 79.9. The minimum absolute atomic E-state index is 0.101. The molecule has 3 aromatic carbocycles. The van der Waals surface area contributed by atoms with E-state index in [2.05, 4.69) is 15.9 Å². The van der Waals surface area contributed by atoms with E-state index in [1.165, 1.54) is 6.07 Å². The van der Waals surface area contributed by atoms with Crippen LogP contribution in [0.3, 0.4) is 0 Å². The lowest BCUT2D eigenvalue weighted by atomic mass is 10.1. The van der Waals surface area contributed by atoms with Crippen molar-refractivity contribution < 1.29 is 23.5 Å². The highest BCUT2D eigenvalue weighted by Gasteiger charge is 2.28. The van der Waals surface area contributed by atoms with Crippen molar-refractivity contribution in [2.45, 2.75) is 0 Å². The van der Waals surface area contributed by atoms with Crippen LogP contribution in [0.4, 0.5) is 0 Å². The molecule has 0 atom stereocenters. The molecule has 0 spiro atoms. The molecule has 0 saturated heterocycles. The summed E-state index contributed by atoms with van der Waals surface area (Å²) < 4.78 is 17.6. The SMILES string of the molecule is O=C(Oc1ccc2c(c1)O/C(=C\c1cccc(Br)c1)C2=O)c1cc2ccccc2o1. The summed E-state index contributed by atoms with van der Waals surface area (Å²) in [6.07, 6.45) is 1.67. The summed E-state index contributed by atoms with van der Waals surface area (Å²) >= 11 is 3.41. The van der Waals surface area contributed by atoms with Gasteiger partial charge in [-0.25, -0.2) is 4.79 Å². The molecule has 30 heavy (non-hydrogen) atoms. The smallest absolute Gasteiger partial charge is 0.379 e. The van der Waals surface area contributed by atoms with E-state index in [-0.39, 0.29) is 23.1 Å². The molecule has 146 valence electrons. The third-order valence-corrected chi connectivity index (χ3v) is 5.12. The Balaban J connectivity index is 1.38. The number of hydrogen-bond acceptors (Lipinski definition) is 5. The molecule has 6 heteroatoms. The Bertz CT molecular complexity index is 1320. The van der Waals surface area contributed by atoms with Crippen LogP contribution in [0, 0.1) is 0 Å². The van der Waals surface area contributed by atoms with Gasteiger partial charge in [0.1, 0.15) is 17.1 Å². The van der Waals surface area contributed by atoms with E-state index in [0.717, 1.165) is 15.4 Å².